The largest absolute Gasteiger partial charge is 0.228 e. The van der Waals surface area contributed by atoms with Crippen LogP contribution in [0.3, 0.4) is 0 Å². The van der Waals surface area contributed by atoms with Gasteiger partial charge in [0.2, 0.25) is 0 Å². The Morgan fingerprint density at radius 2 is 0.975 bits per heavy atom. The number of rotatable bonds is 3. The average molecular weight is 509 g/mol. The molecule has 8 rings (SSSR count). The van der Waals surface area contributed by atoms with Crippen molar-refractivity contribution in [1.82, 2.24) is 9.97 Å². The van der Waals surface area contributed by atoms with E-state index in [-0.39, 0.29) is 0 Å². The van der Waals surface area contributed by atoms with Crippen molar-refractivity contribution in [2.45, 2.75) is 0 Å². The van der Waals surface area contributed by atoms with Gasteiger partial charge in [-0.1, -0.05) is 133 Å². The third-order valence-electron chi connectivity index (χ3n) is 7.85. The topological polar surface area (TPSA) is 25.8 Å². The van der Waals surface area contributed by atoms with E-state index < -0.39 is 0 Å². The molecule has 1 heterocycles. The van der Waals surface area contributed by atoms with Crippen LogP contribution in [0.1, 0.15) is 0 Å². The molecule has 1 aromatic heterocycles. The quantitative estimate of drug-likeness (QED) is 0.175. The Hall–Kier alpha value is -5.34. The molecule has 40 heavy (non-hydrogen) atoms. The van der Waals surface area contributed by atoms with Gasteiger partial charge in [-0.3, -0.25) is 0 Å². The van der Waals surface area contributed by atoms with Gasteiger partial charge in [-0.25, -0.2) is 9.97 Å². The standard InChI is InChI=1S/C38H24N2/c1-2-13-27(14-3-1)35-24-36(32-20-10-16-25-11-4-7-17-29(25)32)40-38(39-35)37-31-19-9-6-15-28(31)23-34-30-18-8-5-12-26(30)21-22-33(34)37/h1-24H. The summed E-state index contributed by atoms with van der Waals surface area (Å²) in [4.78, 5) is 10.6. The summed E-state index contributed by atoms with van der Waals surface area (Å²) >= 11 is 0. The summed E-state index contributed by atoms with van der Waals surface area (Å²) in [5.41, 5.74) is 5.08. The highest BCUT2D eigenvalue weighted by molar-refractivity contribution is 6.19. The minimum atomic E-state index is 0.737. The second kappa shape index (κ2) is 9.14. The number of hydrogen-bond acceptors (Lipinski definition) is 2. The van der Waals surface area contributed by atoms with Crippen LogP contribution in [0.15, 0.2) is 146 Å². The summed E-state index contributed by atoms with van der Waals surface area (Å²) in [5.74, 6) is 0.737. The molecule has 186 valence electrons. The Kier molecular flexibility index (Phi) is 5.17. The molecule has 0 aliphatic rings. The molecule has 8 aromatic rings. The van der Waals surface area contributed by atoms with E-state index in [0.29, 0.717) is 0 Å². The van der Waals surface area contributed by atoms with Crippen LogP contribution in [0.5, 0.6) is 0 Å². The number of benzene rings is 7. The number of nitrogens with zero attached hydrogens (tertiary/aromatic N) is 2. The molecule has 0 aliphatic heterocycles. The normalized spacial score (nSPS) is 11.5. The predicted octanol–water partition coefficient (Wildman–Crippen LogP) is 10.1. The first-order valence-electron chi connectivity index (χ1n) is 13.6. The predicted molar refractivity (Wildman–Crippen MR) is 168 cm³/mol. The van der Waals surface area contributed by atoms with Gasteiger partial charge in [0.25, 0.3) is 0 Å². The van der Waals surface area contributed by atoms with E-state index in [2.05, 4.69) is 140 Å². The smallest absolute Gasteiger partial charge is 0.161 e. The summed E-state index contributed by atoms with van der Waals surface area (Å²) in [6.07, 6.45) is 0. The van der Waals surface area contributed by atoms with Gasteiger partial charge in [-0.2, -0.15) is 0 Å². The highest BCUT2D eigenvalue weighted by atomic mass is 14.9. The van der Waals surface area contributed by atoms with E-state index in [1.54, 1.807) is 0 Å². The van der Waals surface area contributed by atoms with Gasteiger partial charge in [0.1, 0.15) is 0 Å². The molecule has 0 fully saturated rings. The Labute approximate surface area is 232 Å². The van der Waals surface area contributed by atoms with Crippen LogP contribution >= 0.6 is 0 Å². The second-order valence-corrected chi connectivity index (χ2v) is 10.2. The third kappa shape index (κ3) is 3.65. The summed E-state index contributed by atoms with van der Waals surface area (Å²) < 4.78 is 0. The molecule has 0 bridgehead atoms. The zero-order chi connectivity index (χ0) is 26.5. The number of aromatic nitrogens is 2. The van der Waals surface area contributed by atoms with Crippen molar-refractivity contribution in [2.75, 3.05) is 0 Å². The molecular weight excluding hydrogens is 484 g/mol. The maximum absolute atomic E-state index is 5.32. The monoisotopic (exact) mass is 508 g/mol. The van der Waals surface area contributed by atoms with E-state index in [1.165, 1.54) is 32.3 Å². The minimum absolute atomic E-state index is 0.737. The first-order chi connectivity index (χ1) is 19.8. The summed E-state index contributed by atoms with van der Waals surface area (Å²) in [6, 6.07) is 51.4. The molecule has 0 unspecified atom stereocenters. The van der Waals surface area contributed by atoms with E-state index >= 15 is 0 Å². The van der Waals surface area contributed by atoms with Crippen LogP contribution in [0, 0.1) is 0 Å². The molecule has 0 aliphatic carbocycles. The number of fused-ring (bicyclic) bond motifs is 5. The van der Waals surface area contributed by atoms with Gasteiger partial charge in [-0.15, -0.1) is 0 Å². The number of hydrogen-bond donors (Lipinski definition) is 0. The molecule has 0 N–H and O–H groups in total. The third-order valence-corrected chi connectivity index (χ3v) is 7.85. The molecular formula is C38H24N2. The minimum Gasteiger partial charge on any atom is -0.228 e. The van der Waals surface area contributed by atoms with Crippen LogP contribution in [-0.4, -0.2) is 9.97 Å². The van der Waals surface area contributed by atoms with Gasteiger partial charge in [-0.05, 0) is 55.2 Å². The van der Waals surface area contributed by atoms with Crippen LogP contribution in [0.25, 0.3) is 77.0 Å². The molecule has 0 amide bonds. The first kappa shape index (κ1) is 22.6. The van der Waals surface area contributed by atoms with Crippen molar-refractivity contribution in [2.24, 2.45) is 0 Å². The van der Waals surface area contributed by atoms with Crippen molar-refractivity contribution in [1.29, 1.82) is 0 Å². The van der Waals surface area contributed by atoms with Crippen molar-refractivity contribution in [3.8, 4) is 33.9 Å². The fourth-order valence-corrected chi connectivity index (χ4v) is 5.96. The molecule has 0 radical (unpaired) electrons. The second-order valence-electron chi connectivity index (χ2n) is 10.2. The fourth-order valence-electron chi connectivity index (χ4n) is 5.96. The lowest BCUT2D eigenvalue weighted by molar-refractivity contribution is 1.19. The highest BCUT2D eigenvalue weighted by Gasteiger charge is 2.18. The maximum Gasteiger partial charge on any atom is 0.161 e. The SMILES string of the molecule is c1ccc(-c2cc(-c3cccc4ccccc34)nc(-c3c4ccccc4cc4c3ccc3ccccc34)n2)cc1. The fraction of sp³-hybridized carbons (Fsp3) is 0. The molecule has 0 saturated heterocycles. The van der Waals surface area contributed by atoms with E-state index in [9.17, 15) is 0 Å². The summed E-state index contributed by atoms with van der Waals surface area (Å²) in [7, 11) is 0. The maximum atomic E-state index is 5.32. The molecule has 0 atom stereocenters. The van der Waals surface area contributed by atoms with Gasteiger partial charge in [0.05, 0.1) is 11.4 Å². The zero-order valence-electron chi connectivity index (χ0n) is 21.8. The van der Waals surface area contributed by atoms with Crippen LogP contribution in [0.4, 0.5) is 0 Å². The lowest BCUT2D eigenvalue weighted by Gasteiger charge is -2.15. The van der Waals surface area contributed by atoms with Gasteiger partial charge >= 0.3 is 0 Å². The first-order valence-corrected chi connectivity index (χ1v) is 13.6. The summed E-state index contributed by atoms with van der Waals surface area (Å²) in [5, 5.41) is 9.55. The molecule has 7 aromatic carbocycles. The molecule has 0 saturated carbocycles. The van der Waals surface area contributed by atoms with E-state index in [1.807, 2.05) is 6.07 Å². The van der Waals surface area contributed by atoms with Crippen LogP contribution < -0.4 is 0 Å². The van der Waals surface area contributed by atoms with E-state index in [4.69, 9.17) is 9.97 Å². The van der Waals surface area contributed by atoms with Crippen molar-refractivity contribution >= 4 is 43.1 Å². The van der Waals surface area contributed by atoms with Gasteiger partial charge in [0.15, 0.2) is 5.82 Å². The van der Waals surface area contributed by atoms with Crippen molar-refractivity contribution < 1.29 is 0 Å². The molecule has 2 heteroatoms. The van der Waals surface area contributed by atoms with Crippen LogP contribution in [0.2, 0.25) is 0 Å². The van der Waals surface area contributed by atoms with Crippen LogP contribution in [-0.2, 0) is 0 Å². The Morgan fingerprint density at radius 3 is 1.80 bits per heavy atom. The van der Waals surface area contributed by atoms with Crippen molar-refractivity contribution in [3.63, 3.8) is 0 Å². The van der Waals surface area contributed by atoms with Crippen molar-refractivity contribution in [3.05, 3.63) is 146 Å². The highest BCUT2D eigenvalue weighted by Crippen LogP contribution is 2.40. The lowest BCUT2D eigenvalue weighted by Crippen LogP contribution is -1.98. The van der Waals surface area contributed by atoms with E-state index in [0.717, 1.165) is 44.7 Å². The summed E-state index contributed by atoms with van der Waals surface area (Å²) in [6.45, 7) is 0. The molecule has 0 spiro atoms. The Balaban J connectivity index is 1.51. The molecule has 2 nitrogen and oxygen atoms in total. The zero-order valence-corrected chi connectivity index (χ0v) is 21.8. The Morgan fingerprint density at radius 1 is 0.350 bits per heavy atom. The van der Waals surface area contributed by atoms with Gasteiger partial charge in [0, 0.05) is 16.7 Å². The lowest BCUT2D eigenvalue weighted by atomic mass is 9.92. The Bertz CT molecular complexity index is 2210. The van der Waals surface area contributed by atoms with Gasteiger partial charge < -0.3 is 0 Å². The average Bonchev–Trinajstić information content (AvgIpc) is 3.03.